The van der Waals surface area contributed by atoms with Gasteiger partial charge in [-0.3, -0.25) is 4.98 Å². The van der Waals surface area contributed by atoms with Gasteiger partial charge in [-0.1, -0.05) is 0 Å². The summed E-state index contributed by atoms with van der Waals surface area (Å²) in [6.07, 6.45) is -0.905. The van der Waals surface area contributed by atoms with Crippen molar-refractivity contribution in [3.63, 3.8) is 0 Å². The van der Waals surface area contributed by atoms with Gasteiger partial charge in [0.1, 0.15) is 17.9 Å². The Hall–Kier alpha value is -3.62. The highest BCUT2D eigenvalue weighted by Gasteiger charge is 2.09. The van der Waals surface area contributed by atoms with Crippen LogP contribution in [0.5, 0.6) is 5.75 Å². The summed E-state index contributed by atoms with van der Waals surface area (Å²) >= 11 is 0. The fourth-order valence-corrected chi connectivity index (χ4v) is 2.76. The molecule has 0 saturated heterocycles. The number of pyridine rings is 1. The van der Waals surface area contributed by atoms with Crippen LogP contribution in [-0.4, -0.2) is 34.3 Å². The Morgan fingerprint density at radius 2 is 2.00 bits per heavy atom. The van der Waals surface area contributed by atoms with Gasteiger partial charge in [0.05, 0.1) is 6.33 Å². The maximum atomic E-state index is 12.8. The number of aromatic nitrogens is 2. The number of hydrogen-bond acceptors (Lipinski definition) is 6. The van der Waals surface area contributed by atoms with Gasteiger partial charge >= 0.3 is 6.09 Å². The normalized spacial score (nSPS) is 11.5. The topological polar surface area (TPSA) is 110 Å². The molecule has 3 aromatic rings. The highest BCUT2D eigenvalue weighted by Crippen LogP contribution is 2.24. The predicted octanol–water partition coefficient (Wildman–Crippen LogP) is 3.95. The first-order chi connectivity index (χ1) is 13.9. The SMILES string of the molecule is Cc1cc(CNc2nc3ccc(OCC(=CF)CNC(=O)O)cc3o2)cc(C)n1. The lowest BCUT2D eigenvalue weighted by Crippen LogP contribution is -2.25. The molecule has 0 atom stereocenters. The Labute approximate surface area is 166 Å². The number of carbonyl (C=O) groups is 1. The summed E-state index contributed by atoms with van der Waals surface area (Å²) in [5, 5.41) is 13.8. The van der Waals surface area contributed by atoms with Crippen molar-refractivity contribution >= 4 is 23.2 Å². The predicted molar refractivity (Wildman–Crippen MR) is 106 cm³/mol. The molecule has 0 saturated carbocycles. The number of carboxylic acid groups (broad SMARTS) is 1. The summed E-state index contributed by atoms with van der Waals surface area (Å²) in [6, 6.07) is 9.42. The van der Waals surface area contributed by atoms with Crippen LogP contribution < -0.4 is 15.4 Å². The van der Waals surface area contributed by atoms with E-state index >= 15 is 0 Å². The molecule has 9 heteroatoms. The van der Waals surface area contributed by atoms with Crippen molar-refractivity contribution in [2.75, 3.05) is 18.5 Å². The van der Waals surface area contributed by atoms with Crippen molar-refractivity contribution in [2.45, 2.75) is 20.4 Å². The molecular weight excluding hydrogens is 379 g/mol. The van der Waals surface area contributed by atoms with E-state index in [1.54, 1.807) is 18.2 Å². The van der Waals surface area contributed by atoms with E-state index in [0.717, 1.165) is 17.0 Å². The number of aryl methyl sites for hydroxylation is 2. The molecule has 8 nitrogen and oxygen atoms in total. The van der Waals surface area contributed by atoms with Gasteiger partial charge in [-0.05, 0) is 43.7 Å². The number of oxazole rings is 1. The standard InChI is InChI=1S/C20H21FN4O4/c1-12-5-14(6-13(2)24-12)9-22-19-25-17-4-3-16(7-18(17)29-19)28-11-15(8-21)10-23-20(26)27/h3-8,23H,9-11H2,1-2H3,(H,22,25)(H,26,27). The van der Waals surface area contributed by atoms with Crippen LogP contribution in [0.25, 0.3) is 11.1 Å². The first-order valence-corrected chi connectivity index (χ1v) is 8.89. The van der Waals surface area contributed by atoms with Crippen molar-refractivity contribution in [3.8, 4) is 5.75 Å². The lowest BCUT2D eigenvalue weighted by atomic mass is 10.2. The third-order valence-electron chi connectivity index (χ3n) is 3.99. The smallest absolute Gasteiger partial charge is 0.404 e. The van der Waals surface area contributed by atoms with Gasteiger partial charge < -0.3 is 24.9 Å². The monoisotopic (exact) mass is 400 g/mol. The van der Waals surface area contributed by atoms with Crippen molar-refractivity contribution in [3.05, 3.63) is 59.2 Å². The molecule has 0 spiro atoms. The summed E-state index contributed by atoms with van der Waals surface area (Å²) in [5.41, 5.74) is 4.29. The number of ether oxygens (including phenoxy) is 1. The van der Waals surface area contributed by atoms with Crippen LogP contribution in [-0.2, 0) is 6.54 Å². The van der Waals surface area contributed by atoms with Gasteiger partial charge in [0, 0.05) is 36.1 Å². The average molecular weight is 400 g/mol. The Morgan fingerprint density at radius 1 is 1.24 bits per heavy atom. The molecule has 3 N–H and O–H groups in total. The van der Waals surface area contributed by atoms with Crippen LogP contribution in [0.2, 0.25) is 0 Å². The van der Waals surface area contributed by atoms with Crippen molar-refractivity contribution in [1.82, 2.24) is 15.3 Å². The summed E-state index contributed by atoms with van der Waals surface area (Å²) in [6.45, 7) is 4.18. The fourth-order valence-electron chi connectivity index (χ4n) is 2.76. The molecule has 0 bridgehead atoms. The van der Waals surface area contributed by atoms with Crippen molar-refractivity contribution in [2.24, 2.45) is 0 Å². The lowest BCUT2D eigenvalue weighted by molar-refractivity contribution is 0.195. The molecule has 0 fully saturated rings. The van der Waals surface area contributed by atoms with Crippen LogP contribution in [0.1, 0.15) is 17.0 Å². The van der Waals surface area contributed by atoms with E-state index in [0.29, 0.717) is 35.7 Å². The Bertz CT molecular complexity index is 1030. The van der Waals surface area contributed by atoms with Crippen LogP contribution in [0.4, 0.5) is 15.2 Å². The molecule has 0 radical (unpaired) electrons. The summed E-state index contributed by atoms with van der Waals surface area (Å²) in [7, 11) is 0. The first-order valence-electron chi connectivity index (χ1n) is 8.89. The molecule has 1 aromatic carbocycles. The van der Waals surface area contributed by atoms with E-state index in [4.69, 9.17) is 14.3 Å². The minimum Gasteiger partial charge on any atom is -0.489 e. The third-order valence-corrected chi connectivity index (χ3v) is 3.99. The molecule has 29 heavy (non-hydrogen) atoms. The van der Waals surface area contributed by atoms with Gasteiger partial charge in [-0.25, -0.2) is 9.18 Å². The molecule has 0 aliphatic heterocycles. The van der Waals surface area contributed by atoms with Gasteiger partial charge in [0.2, 0.25) is 0 Å². The number of benzene rings is 1. The molecule has 1 amide bonds. The van der Waals surface area contributed by atoms with E-state index in [1.807, 2.05) is 26.0 Å². The Kier molecular flexibility index (Phi) is 6.28. The van der Waals surface area contributed by atoms with E-state index in [-0.39, 0.29) is 18.7 Å². The zero-order valence-electron chi connectivity index (χ0n) is 16.0. The Balaban J connectivity index is 1.62. The van der Waals surface area contributed by atoms with Crippen molar-refractivity contribution in [1.29, 1.82) is 0 Å². The number of nitrogens with one attached hydrogen (secondary N) is 2. The lowest BCUT2D eigenvalue weighted by Gasteiger charge is -2.08. The van der Waals surface area contributed by atoms with Gasteiger partial charge in [-0.15, -0.1) is 0 Å². The number of fused-ring (bicyclic) bond motifs is 1. The van der Waals surface area contributed by atoms with Gasteiger partial charge in [0.25, 0.3) is 6.01 Å². The molecular formula is C20H21FN4O4. The van der Waals surface area contributed by atoms with Crippen LogP contribution in [0, 0.1) is 13.8 Å². The second-order valence-corrected chi connectivity index (χ2v) is 6.47. The van der Waals surface area contributed by atoms with Gasteiger partial charge in [0.15, 0.2) is 5.58 Å². The third kappa shape index (κ3) is 5.68. The molecule has 3 rings (SSSR count). The van der Waals surface area contributed by atoms with E-state index < -0.39 is 6.09 Å². The quantitative estimate of drug-likeness (QED) is 0.525. The highest BCUT2D eigenvalue weighted by molar-refractivity contribution is 5.76. The van der Waals surface area contributed by atoms with Crippen LogP contribution >= 0.6 is 0 Å². The van der Waals surface area contributed by atoms with E-state index in [2.05, 4.69) is 20.6 Å². The number of rotatable bonds is 8. The van der Waals surface area contributed by atoms with Crippen molar-refractivity contribution < 1.29 is 23.4 Å². The highest BCUT2D eigenvalue weighted by atomic mass is 19.1. The maximum Gasteiger partial charge on any atom is 0.404 e. The second kappa shape index (κ2) is 9.05. The molecule has 0 unspecified atom stereocenters. The maximum absolute atomic E-state index is 12.8. The minimum atomic E-state index is -1.23. The fraction of sp³-hybridized carbons (Fsp3) is 0.250. The molecule has 2 heterocycles. The molecule has 152 valence electrons. The number of hydrogen-bond donors (Lipinski definition) is 3. The number of amides is 1. The second-order valence-electron chi connectivity index (χ2n) is 6.47. The molecule has 0 aliphatic carbocycles. The van der Waals surface area contributed by atoms with E-state index in [9.17, 15) is 9.18 Å². The Morgan fingerprint density at radius 3 is 2.69 bits per heavy atom. The number of anilines is 1. The van der Waals surface area contributed by atoms with E-state index in [1.165, 1.54) is 0 Å². The number of halogens is 1. The zero-order chi connectivity index (χ0) is 20.8. The summed E-state index contributed by atoms with van der Waals surface area (Å²) in [4.78, 5) is 19.2. The van der Waals surface area contributed by atoms with Gasteiger partial charge in [-0.2, -0.15) is 4.98 Å². The summed E-state index contributed by atoms with van der Waals surface area (Å²) < 4.78 is 24.0. The number of nitrogens with zero attached hydrogens (tertiary/aromatic N) is 2. The summed E-state index contributed by atoms with van der Waals surface area (Å²) in [5.74, 6) is 0.454. The zero-order valence-corrected chi connectivity index (χ0v) is 16.0. The first kappa shape index (κ1) is 20.1. The largest absolute Gasteiger partial charge is 0.489 e. The molecule has 0 aliphatic rings. The van der Waals surface area contributed by atoms with Crippen LogP contribution in [0.3, 0.4) is 0 Å². The molecule has 2 aromatic heterocycles. The minimum absolute atomic E-state index is 0.0950. The average Bonchev–Trinajstić information content (AvgIpc) is 3.08. The van der Waals surface area contributed by atoms with Crippen LogP contribution in [0.15, 0.2) is 46.7 Å².